The first-order valence-corrected chi connectivity index (χ1v) is 8.06. The lowest BCUT2D eigenvalue weighted by Gasteiger charge is -2.37. The van der Waals surface area contributed by atoms with Gasteiger partial charge in [-0.3, -0.25) is 4.79 Å². The zero-order chi connectivity index (χ0) is 17.4. The van der Waals surface area contributed by atoms with Crippen LogP contribution in [0.3, 0.4) is 0 Å². The average molecular weight is 338 g/mol. The molecule has 0 N–H and O–H groups in total. The predicted molar refractivity (Wildman–Crippen MR) is 91.4 cm³/mol. The van der Waals surface area contributed by atoms with Crippen LogP contribution in [0.25, 0.3) is 11.6 Å². The van der Waals surface area contributed by atoms with Gasteiger partial charge in [0, 0.05) is 38.4 Å². The lowest BCUT2D eigenvalue weighted by molar-refractivity contribution is 0.0569. The lowest BCUT2D eigenvalue weighted by Crippen LogP contribution is -2.48. The molecule has 0 radical (unpaired) electrons. The summed E-state index contributed by atoms with van der Waals surface area (Å²) in [4.78, 5) is 20.7. The summed E-state index contributed by atoms with van der Waals surface area (Å²) in [5, 5.41) is 3.93. The normalized spacial score (nSPS) is 14.4. The van der Waals surface area contributed by atoms with Gasteiger partial charge >= 0.3 is 0 Å². The molecule has 3 heterocycles. The summed E-state index contributed by atoms with van der Waals surface area (Å²) in [5.41, 5.74) is 1.69. The van der Waals surface area contributed by atoms with Gasteiger partial charge in [0.15, 0.2) is 5.76 Å². The number of hydrogen-bond donors (Lipinski definition) is 0. The minimum atomic E-state index is 0.0192. The van der Waals surface area contributed by atoms with E-state index in [4.69, 9.17) is 8.94 Å². The molecule has 1 aliphatic rings. The van der Waals surface area contributed by atoms with Gasteiger partial charge in [0.2, 0.25) is 11.7 Å². The molecule has 0 saturated carbocycles. The minimum Gasteiger partial charge on any atom is -0.461 e. The van der Waals surface area contributed by atoms with E-state index in [0.29, 0.717) is 36.1 Å². The number of rotatable bonds is 4. The zero-order valence-corrected chi connectivity index (χ0v) is 14.0. The van der Waals surface area contributed by atoms with Crippen LogP contribution in [0.5, 0.6) is 0 Å². The average Bonchev–Trinajstić information content (AvgIpc) is 3.25. The fraction of sp³-hybridized carbons (Fsp3) is 0.278. The molecule has 7 nitrogen and oxygen atoms in total. The Bertz CT molecular complexity index is 879. The Labute approximate surface area is 144 Å². The summed E-state index contributed by atoms with van der Waals surface area (Å²) in [6.07, 6.45) is 1.57. The van der Waals surface area contributed by atoms with Gasteiger partial charge in [0.25, 0.3) is 5.91 Å². The maximum Gasteiger partial charge on any atom is 0.253 e. The summed E-state index contributed by atoms with van der Waals surface area (Å²) < 4.78 is 10.6. The number of benzene rings is 1. The molecule has 1 aliphatic heterocycles. The van der Waals surface area contributed by atoms with Crippen molar-refractivity contribution in [2.24, 2.45) is 0 Å². The maximum absolute atomic E-state index is 12.6. The van der Waals surface area contributed by atoms with Gasteiger partial charge in [-0.1, -0.05) is 11.2 Å². The first-order chi connectivity index (χ1) is 12.1. The third-order valence-electron chi connectivity index (χ3n) is 4.31. The number of anilines is 1. The van der Waals surface area contributed by atoms with E-state index in [-0.39, 0.29) is 11.8 Å². The van der Waals surface area contributed by atoms with Crippen molar-refractivity contribution in [1.29, 1.82) is 0 Å². The largest absolute Gasteiger partial charge is 0.461 e. The number of carbonyl (C=O) groups excluding carboxylic acids is 1. The Morgan fingerprint density at radius 3 is 2.80 bits per heavy atom. The van der Waals surface area contributed by atoms with E-state index in [1.807, 2.05) is 43.3 Å². The Balaban J connectivity index is 1.42. The molecule has 0 unspecified atom stereocenters. The number of likely N-dealkylation sites (tertiary alicyclic amines) is 1. The van der Waals surface area contributed by atoms with Gasteiger partial charge in [-0.05, 0) is 30.3 Å². The molecule has 2 aromatic heterocycles. The quantitative estimate of drug-likeness (QED) is 0.728. The SMILES string of the molecule is CN(C)c1cccc(C(=O)N2CC(c3nc(-c4ccco4)no3)C2)c1. The smallest absolute Gasteiger partial charge is 0.253 e. The van der Waals surface area contributed by atoms with Gasteiger partial charge in [-0.2, -0.15) is 4.98 Å². The van der Waals surface area contributed by atoms with Crippen LogP contribution in [0.2, 0.25) is 0 Å². The van der Waals surface area contributed by atoms with Crippen molar-refractivity contribution < 1.29 is 13.7 Å². The molecule has 3 aromatic rings. The van der Waals surface area contributed by atoms with Crippen LogP contribution in [0.4, 0.5) is 5.69 Å². The van der Waals surface area contributed by atoms with E-state index in [1.165, 1.54) is 0 Å². The Morgan fingerprint density at radius 1 is 1.24 bits per heavy atom. The molecule has 0 bridgehead atoms. The van der Waals surface area contributed by atoms with Crippen molar-refractivity contribution in [2.45, 2.75) is 5.92 Å². The van der Waals surface area contributed by atoms with Crippen LogP contribution in [0, 0.1) is 0 Å². The monoisotopic (exact) mass is 338 g/mol. The molecule has 0 spiro atoms. The topological polar surface area (TPSA) is 75.6 Å². The first kappa shape index (κ1) is 15.4. The molecule has 0 aliphatic carbocycles. The summed E-state index contributed by atoms with van der Waals surface area (Å²) in [6, 6.07) is 11.2. The van der Waals surface area contributed by atoms with Crippen LogP contribution < -0.4 is 4.90 Å². The summed E-state index contributed by atoms with van der Waals surface area (Å²) in [7, 11) is 3.91. The molecule has 128 valence electrons. The Morgan fingerprint density at radius 2 is 2.08 bits per heavy atom. The number of aromatic nitrogens is 2. The van der Waals surface area contributed by atoms with Crippen molar-refractivity contribution in [3.8, 4) is 11.6 Å². The molecule has 1 fully saturated rings. The zero-order valence-electron chi connectivity index (χ0n) is 14.0. The fourth-order valence-corrected chi connectivity index (χ4v) is 2.81. The molecule has 1 saturated heterocycles. The standard InChI is InChI=1S/C18H18N4O3/c1-21(2)14-6-3-5-12(9-14)18(23)22-10-13(11-22)17-19-16(20-25-17)15-7-4-8-24-15/h3-9,13H,10-11H2,1-2H3. The molecule has 0 atom stereocenters. The van der Waals surface area contributed by atoms with Gasteiger partial charge in [-0.25, -0.2) is 0 Å². The number of nitrogens with zero attached hydrogens (tertiary/aromatic N) is 4. The Kier molecular flexibility index (Phi) is 3.76. The highest BCUT2D eigenvalue weighted by molar-refractivity contribution is 5.95. The van der Waals surface area contributed by atoms with Gasteiger partial charge in [0.05, 0.1) is 12.2 Å². The van der Waals surface area contributed by atoms with Crippen LogP contribution >= 0.6 is 0 Å². The molecule has 25 heavy (non-hydrogen) atoms. The van der Waals surface area contributed by atoms with E-state index >= 15 is 0 Å². The van der Waals surface area contributed by atoms with E-state index in [1.54, 1.807) is 23.3 Å². The highest BCUT2D eigenvalue weighted by atomic mass is 16.5. The van der Waals surface area contributed by atoms with Gasteiger partial charge < -0.3 is 18.7 Å². The third-order valence-corrected chi connectivity index (χ3v) is 4.31. The van der Waals surface area contributed by atoms with E-state index in [9.17, 15) is 4.79 Å². The molecular formula is C18H18N4O3. The summed E-state index contributed by atoms with van der Waals surface area (Å²) in [6.45, 7) is 1.15. The van der Waals surface area contributed by atoms with E-state index in [2.05, 4.69) is 10.1 Å². The highest BCUT2D eigenvalue weighted by Gasteiger charge is 2.36. The van der Waals surface area contributed by atoms with Gasteiger partial charge in [-0.15, -0.1) is 0 Å². The van der Waals surface area contributed by atoms with Crippen LogP contribution in [-0.4, -0.2) is 48.1 Å². The fourth-order valence-electron chi connectivity index (χ4n) is 2.81. The second kappa shape index (κ2) is 6.08. The van der Waals surface area contributed by atoms with Crippen molar-refractivity contribution in [2.75, 3.05) is 32.1 Å². The molecule has 1 amide bonds. The van der Waals surface area contributed by atoms with Crippen LogP contribution in [0.15, 0.2) is 51.6 Å². The van der Waals surface area contributed by atoms with Crippen molar-refractivity contribution in [1.82, 2.24) is 15.0 Å². The first-order valence-electron chi connectivity index (χ1n) is 8.06. The number of carbonyl (C=O) groups is 1. The number of furan rings is 1. The second-order valence-electron chi connectivity index (χ2n) is 6.29. The number of hydrogen-bond acceptors (Lipinski definition) is 6. The third kappa shape index (κ3) is 2.88. The predicted octanol–water partition coefficient (Wildman–Crippen LogP) is 2.64. The van der Waals surface area contributed by atoms with Gasteiger partial charge in [0.1, 0.15) is 0 Å². The molecule has 4 rings (SSSR count). The van der Waals surface area contributed by atoms with Crippen molar-refractivity contribution in [3.05, 3.63) is 54.1 Å². The van der Waals surface area contributed by atoms with Crippen molar-refractivity contribution >= 4 is 11.6 Å². The molecular weight excluding hydrogens is 320 g/mol. The highest BCUT2D eigenvalue weighted by Crippen LogP contribution is 2.29. The van der Waals surface area contributed by atoms with Crippen LogP contribution in [0.1, 0.15) is 22.2 Å². The van der Waals surface area contributed by atoms with E-state index in [0.717, 1.165) is 5.69 Å². The number of amides is 1. The second-order valence-corrected chi connectivity index (χ2v) is 6.29. The molecule has 7 heteroatoms. The molecule has 1 aromatic carbocycles. The minimum absolute atomic E-state index is 0.0192. The maximum atomic E-state index is 12.6. The lowest BCUT2D eigenvalue weighted by atomic mass is 9.98. The van der Waals surface area contributed by atoms with E-state index < -0.39 is 0 Å². The van der Waals surface area contributed by atoms with Crippen molar-refractivity contribution in [3.63, 3.8) is 0 Å². The summed E-state index contributed by atoms with van der Waals surface area (Å²) >= 11 is 0. The Hall–Kier alpha value is -3.09. The summed E-state index contributed by atoms with van der Waals surface area (Å²) in [5.74, 6) is 1.63. The van der Waals surface area contributed by atoms with Crippen LogP contribution in [-0.2, 0) is 0 Å².